The van der Waals surface area contributed by atoms with Crippen molar-refractivity contribution >= 4 is 34.4 Å². The van der Waals surface area contributed by atoms with Crippen LogP contribution in [0.4, 0.5) is 13.2 Å². The van der Waals surface area contributed by atoms with Gasteiger partial charge >= 0.3 is 12.1 Å². The number of alkyl halides is 3. The highest BCUT2D eigenvalue weighted by Crippen LogP contribution is 2.54. The predicted octanol–water partition coefficient (Wildman–Crippen LogP) is 6.05. The number of benzene rings is 2. The zero-order valence-electron chi connectivity index (χ0n) is 21.4. The minimum absolute atomic E-state index is 0.0729. The van der Waals surface area contributed by atoms with Gasteiger partial charge in [-0.3, -0.25) is 14.5 Å². The number of para-hydroxylation sites is 1. The number of allylic oxidation sites excluding steroid dienone is 1. The largest absolute Gasteiger partial charge is 0.469 e. The average molecular weight is 543 g/mol. The second-order valence-electron chi connectivity index (χ2n) is 9.81. The third-order valence-electron chi connectivity index (χ3n) is 7.82. The van der Waals surface area contributed by atoms with Crippen LogP contribution in [0.5, 0.6) is 0 Å². The maximum atomic E-state index is 13.7. The van der Waals surface area contributed by atoms with Gasteiger partial charge < -0.3 is 9.30 Å². The van der Waals surface area contributed by atoms with Gasteiger partial charge in [0.1, 0.15) is 0 Å². The van der Waals surface area contributed by atoms with E-state index in [4.69, 9.17) is 4.74 Å². The second kappa shape index (κ2) is 10.3. The molecule has 38 heavy (non-hydrogen) atoms. The van der Waals surface area contributed by atoms with Crippen molar-refractivity contribution in [3.05, 3.63) is 77.5 Å². The van der Waals surface area contributed by atoms with Crippen LogP contribution in [0.15, 0.2) is 71.1 Å². The third kappa shape index (κ3) is 4.56. The van der Waals surface area contributed by atoms with Crippen molar-refractivity contribution in [1.29, 1.82) is 0 Å². The van der Waals surface area contributed by atoms with E-state index in [1.165, 1.54) is 7.11 Å². The van der Waals surface area contributed by atoms with E-state index >= 15 is 0 Å². The molecule has 4 atom stereocenters. The molecule has 2 aliphatic rings. The van der Waals surface area contributed by atoms with Gasteiger partial charge in [-0.15, -0.1) is 11.8 Å². The van der Waals surface area contributed by atoms with Gasteiger partial charge in [-0.2, -0.15) is 13.2 Å². The molecule has 0 spiro atoms. The van der Waals surface area contributed by atoms with Gasteiger partial charge in [-0.1, -0.05) is 48.0 Å². The summed E-state index contributed by atoms with van der Waals surface area (Å²) in [6, 6.07) is 16.3. The molecular weight excluding hydrogens is 513 g/mol. The summed E-state index contributed by atoms with van der Waals surface area (Å²) < 4.78 is 48.5. The van der Waals surface area contributed by atoms with Crippen LogP contribution >= 0.6 is 11.8 Å². The Hall–Kier alpha value is -3.04. The quantitative estimate of drug-likeness (QED) is 0.216. The molecule has 200 valence electrons. The summed E-state index contributed by atoms with van der Waals surface area (Å²) in [4.78, 5) is 28.4. The lowest BCUT2D eigenvalue weighted by Crippen LogP contribution is -2.49. The number of hydrogen-bond donors (Lipinski definition) is 0. The first-order chi connectivity index (χ1) is 18.2. The molecule has 1 unspecified atom stereocenters. The number of aryl methyl sites for hydroxylation is 1. The van der Waals surface area contributed by atoms with Crippen molar-refractivity contribution in [2.75, 3.05) is 20.2 Å². The number of methoxy groups -OCH3 is 1. The molecule has 0 N–H and O–H groups in total. The Bertz CT molecular complexity index is 1400. The number of ketones is 1. The standard InChI is InChI=1S/C29H29F3N2O3S/c1-4-17-15-34(16-23(27(35)29(30,31)32)38-18-10-6-5-7-11-18)22-14-20(17)25(28(36)37-3)24-19-12-8-9-13-21(19)33(2)26(22)24/h4-13,20,22-23,25H,14-16H2,1-3H3/b17-4-/t20-,22-,23?,25+/m0/s1. The van der Waals surface area contributed by atoms with Crippen molar-refractivity contribution < 1.29 is 27.5 Å². The normalized spacial score (nSPS) is 23.3. The maximum absolute atomic E-state index is 13.7. The van der Waals surface area contributed by atoms with E-state index in [2.05, 4.69) is 0 Å². The fourth-order valence-corrected chi connectivity index (χ4v) is 7.30. The van der Waals surface area contributed by atoms with Crippen LogP contribution in [-0.2, 0) is 21.4 Å². The number of likely N-dealkylation sites (tertiary alicyclic amines) is 1. The van der Waals surface area contributed by atoms with Gasteiger partial charge in [-0.05, 0) is 37.1 Å². The van der Waals surface area contributed by atoms with E-state index in [0.717, 1.165) is 39.5 Å². The molecule has 0 saturated carbocycles. The van der Waals surface area contributed by atoms with E-state index < -0.39 is 23.1 Å². The predicted molar refractivity (Wildman–Crippen MR) is 141 cm³/mol. The van der Waals surface area contributed by atoms with Crippen molar-refractivity contribution in [3.8, 4) is 0 Å². The van der Waals surface area contributed by atoms with Crippen molar-refractivity contribution in [3.63, 3.8) is 0 Å². The summed E-state index contributed by atoms with van der Waals surface area (Å²) >= 11 is 0.946. The van der Waals surface area contributed by atoms with E-state index in [9.17, 15) is 22.8 Å². The molecule has 5 rings (SSSR count). The average Bonchev–Trinajstić information content (AvgIpc) is 3.21. The molecule has 1 aromatic heterocycles. The summed E-state index contributed by atoms with van der Waals surface area (Å²) in [5.74, 6) is -2.69. The van der Waals surface area contributed by atoms with Gasteiger partial charge in [0.05, 0.1) is 24.3 Å². The lowest BCUT2D eigenvalue weighted by atomic mass is 9.68. The highest BCUT2D eigenvalue weighted by atomic mass is 32.2. The topological polar surface area (TPSA) is 51.5 Å². The lowest BCUT2D eigenvalue weighted by molar-refractivity contribution is -0.170. The summed E-state index contributed by atoms with van der Waals surface area (Å²) in [5.41, 5.74) is 3.69. The first-order valence-electron chi connectivity index (χ1n) is 12.5. The number of nitrogens with zero attached hydrogens (tertiary/aromatic N) is 2. The van der Waals surface area contributed by atoms with Gasteiger partial charge in [-0.25, -0.2) is 0 Å². The molecule has 3 aromatic rings. The molecule has 1 saturated heterocycles. The molecule has 2 bridgehead atoms. The van der Waals surface area contributed by atoms with Gasteiger partial charge in [0.15, 0.2) is 0 Å². The SMILES string of the molecule is C/C=C1/CN(CC(Sc2ccccc2)C(=O)C(F)(F)F)[C@H]2C[C@@H]1[C@@H](C(=O)OC)c1c2n(C)c2ccccc12. The number of fused-ring (bicyclic) bond motifs is 6. The molecule has 1 fully saturated rings. The molecule has 0 radical (unpaired) electrons. The van der Waals surface area contributed by atoms with Crippen LogP contribution in [0, 0.1) is 5.92 Å². The molecular formula is C29H29F3N2O3S. The Balaban J connectivity index is 1.61. The Morgan fingerprint density at radius 3 is 2.47 bits per heavy atom. The fourth-order valence-electron chi connectivity index (χ4n) is 6.15. The van der Waals surface area contributed by atoms with Crippen LogP contribution in [0.1, 0.15) is 36.6 Å². The van der Waals surface area contributed by atoms with Crippen molar-refractivity contribution in [2.24, 2.45) is 13.0 Å². The number of thioether (sulfide) groups is 1. The molecule has 1 aliphatic heterocycles. The van der Waals surface area contributed by atoms with E-state index in [-0.39, 0.29) is 24.5 Å². The highest BCUT2D eigenvalue weighted by Gasteiger charge is 2.51. The van der Waals surface area contributed by atoms with E-state index in [0.29, 0.717) is 17.9 Å². The van der Waals surface area contributed by atoms with Crippen LogP contribution in [-0.4, -0.2) is 52.8 Å². The molecule has 2 heterocycles. The molecule has 5 nitrogen and oxygen atoms in total. The Morgan fingerprint density at radius 1 is 1.13 bits per heavy atom. The molecule has 2 aromatic carbocycles. The summed E-state index contributed by atoms with van der Waals surface area (Å²) in [6.45, 7) is 2.19. The number of aromatic nitrogens is 1. The zero-order valence-corrected chi connectivity index (χ0v) is 22.2. The van der Waals surface area contributed by atoms with E-state index in [1.54, 1.807) is 30.3 Å². The number of hydrogen-bond acceptors (Lipinski definition) is 5. The smallest absolute Gasteiger partial charge is 0.451 e. The monoisotopic (exact) mass is 542 g/mol. The van der Waals surface area contributed by atoms with Crippen LogP contribution in [0.2, 0.25) is 0 Å². The number of halogens is 3. The van der Waals surface area contributed by atoms with Crippen LogP contribution < -0.4 is 0 Å². The zero-order chi connectivity index (χ0) is 27.2. The minimum atomic E-state index is -4.94. The molecule has 0 amide bonds. The Kier molecular flexibility index (Phi) is 7.17. The molecule has 1 aliphatic carbocycles. The van der Waals surface area contributed by atoms with Gasteiger partial charge in [0.25, 0.3) is 5.78 Å². The first-order valence-corrected chi connectivity index (χ1v) is 13.4. The highest BCUT2D eigenvalue weighted by molar-refractivity contribution is 8.00. The Labute approximate surface area is 223 Å². The van der Waals surface area contributed by atoms with Gasteiger partial charge in [0.2, 0.25) is 0 Å². The number of ether oxygens (including phenoxy) is 1. The van der Waals surface area contributed by atoms with Crippen LogP contribution in [0.25, 0.3) is 10.9 Å². The number of carbonyl (C=O) groups excluding carboxylic acids is 2. The maximum Gasteiger partial charge on any atom is 0.451 e. The van der Waals surface area contributed by atoms with E-state index in [1.807, 2.05) is 53.8 Å². The Morgan fingerprint density at radius 2 is 1.82 bits per heavy atom. The van der Waals surface area contributed by atoms with Crippen molar-refractivity contribution in [2.45, 2.75) is 41.6 Å². The molecule has 9 heteroatoms. The van der Waals surface area contributed by atoms with Gasteiger partial charge in [0, 0.05) is 47.5 Å². The summed E-state index contributed by atoms with van der Waals surface area (Å²) in [6.07, 6.45) is -2.44. The lowest BCUT2D eigenvalue weighted by Gasteiger charge is -2.48. The van der Waals surface area contributed by atoms with Crippen molar-refractivity contribution in [1.82, 2.24) is 9.47 Å². The minimum Gasteiger partial charge on any atom is -0.469 e. The summed E-state index contributed by atoms with van der Waals surface area (Å²) in [5, 5.41) is -0.391. The second-order valence-corrected chi connectivity index (χ2v) is 11.1. The first kappa shape index (κ1) is 26.6. The number of esters is 1. The fraction of sp³-hybridized carbons (Fsp3) is 0.379. The number of rotatable bonds is 6. The third-order valence-corrected chi connectivity index (χ3v) is 9.01. The van der Waals surface area contributed by atoms with Crippen LogP contribution in [0.3, 0.4) is 0 Å². The summed E-state index contributed by atoms with van der Waals surface area (Å²) in [7, 11) is 3.31. The number of piperidine rings is 1. The number of Topliss-reactive ketones (excluding diaryl/α,β-unsaturated/α-hetero) is 1. The number of carbonyl (C=O) groups is 2.